The van der Waals surface area contributed by atoms with Crippen LogP contribution in [0.5, 0.6) is 0 Å². The van der Waals surface area contributed by atoms with E-state index >= 15 is 0 Å². The summed E-state index contributed by atoms with van der Waals surface area (Å²) in [6.45, 7) is 0. The number of nitrogen functional groups attached to an aromatic ring is 4. The van der Waals surface area contributed by atoms with Crippen LogP contribution >= 0.6 is 0 Å². The fraction of sp³-hybridized carbons (Fsp3) is 0. The molecule has 2 aromatic heterocycles. The van der Waals surface area contributed by atoms with E-state index in [-0.39, 0.29) is 35.7 Å². The summed E-state index contributed by atoms with van der Waals surface area (Å²) in [7, 11) is 0. The van der Waals surface area contributed by atoms with E-state index in [1.807, 2.05) is 24.3 Å². The fourth-order valence-electron chi connectivity index (χ4n) is 1.92. The van der Waals surface area contributed by atoms with Gasteiger partial charge in [-0.2, -0.15) is 40.1 Å². The summed E-state index contributed by atoms with van der Waals surface area (Å²) in [6, 6.07) is 7.34. The predicted molar refractivity (Wildman–Crippen MR) is 106 cm³/mol. The van der Waals surface area contributed by atoms with Crippen molar-refractivity contribution in [2.24, 2.45) is 10.2 Å². The minimum Gasteiger partial charge on any atom is -0.368 e. The Morgan fingerprint density at radius 2 is 0.893 bits per heavy atom. The molecule has 14 heteroatoms. The largest absolute Gasteiger partial charge is 0.368 e. The molecule has 0 spiro atoms. The number of rotatable bonds is 6. The second kappa shape index (κ2) is 8.17. The number of benzene rings is 1. The first kappa shape index (κ1) is 18.2. The third kappa shape index (κ3) is 5.19. The number of nitrogens with one attached hydrogen (secondary N) is 2. The highest BCUT2D eigenvalue weighted by Gasteiger charge is 2.00. The van der Waals surface area contributed by atoms with Crippen molar-refractivity contribution in [3.63, 3.8) is 0 Å². The van der Waals surface area contributed by atoms with Crippen molar-refractivity contribution in [2.45, 2.75) is 0 Å². The van der Waals surface area contributed by atoms with E-state index < -0.39 is 0 Å². The molecule has 3 aromatic rings. The highest BCUT2D eigenvalue weighted by atomic mass is 15.4. The summed E-state index contributed by atoms with van der Waals surface area (Å²) in [6.07, 6.45) is 3.15. The summed E-state index contributed by atoms with van der Waals surface area (Å²) >= 11 is 0. The Labute approximate surface area is 158 Å². The molecule has 0 saturated heterocycles. The van der Waals surface area contributed by atoms with Gasteiger partial charge >= 0.3 is 0 Å². The van der Waals surface area contributed by atoms with Crippen LogP contribution < -0.4 is 33.8 Å². The van der Waals surface area contributed by atoms with Gasteiger partial charge in [0, 0.05) is 0 Å². The van der Waals surface area contributed by atoms with Gasteiger partial charge < -0.3 is 22.9 Å². The Bertz CT molecular complexity index is 890. The maximum atomic E-state index is 5.48. The van der Waals surface area contributed by atoms with Crippen LogP contribution in [0.15, 0.2) is 34.5 Å². The molecule has 0 radical (unpaired) electrons. The first-order valence-corrected chi connectivity index (χ1v) is 7.70. The summed E-state index contributed by atoms with van der Waals surface area (Å²) in [4.78, 5) is 22.7. The Balaban J connectivity index is 1.56. The quantitative estimate of drug-likeness (QED) is 0.230. The topological polar surface area (TPSA) is 230 Å². The third-order valence-corrected chi connectivity index (χ3v) is 3.03. The van der Waals surface area contributed by atoms with Crippen molar-refractivity contribution < 1.29 is 0 Å². The van der Waals surface area contributed by atoms with Gasteiger partial charge in [0.25, 0.3) is 0 Å². The Morgan fingerprint density at radius 3 is 1.21 bits per heavy atom. The first-order chi connectivity index (χ1) is 13.5. The molecule has 10 N–H and O–H groups in total. The normalized spacial score (nSPS) is 11.1. The number of nitrogens with zero attached hydrogens (tertiary/aromatic N) is 8. The van der Waals surface area contributed by atoms with Gasteiger partial charge in [0.2, 0.25) is 35.7 Å². The van der Waals surface area contributed by atoms with Crippen LogP contribution in [0.3, 0.4) is 0 Å². The predicted octanol–water partition coefficient (Wildman–Crippen LogP) is -0.723. The molecule has 1 aromatic carbocycles. The van der Waals surface area contributed by atoms with Crippen LogP contribution in [0.2, 0.25) is 0 Å². The Morgan fingerprint density at radius 1 is 0.571 bits per heavy atom. The fourth-order valence-corrected chi connectivity index (χ4v) is 1.92. The lowest BCUT2D eigenvalue weighted by atomic mass is 10.2. The summed E-state index contributed by atoms with van der Waals surface area (Å²) < 4.78 is 0. The number of aromatic nitrogens is 6. The number of anilines is 6. The SMILES string of the molecule is Nc1nc(N)nc(N/N=C/c2ccc(/C=N/Nc3nc(N)nc(N)n3)cc2)n1. The molecule has 0 fully saturated rings. The van der Waals surface area contributed by atoms with Crippen molar-refractivity contribution in [1.82, 2.24) is 29.9 Å². The number of nitrogens with two attached hydrogens (primary N) is 4. The molecule has 0 amide bonds. The zero-order chi connectivity index (χ0) is 19.9. The highest BCUT2D eigenvalue weighted by Crippen LogP contribution is 2.05. The zero-order valence-electron chi connectivity index (χ0n) is 14.4. The highest BCUT2D eigenvalue weighted by molar-refractivity contribution is 5.84. The molecule has 28 heavy (non-hydrogen) atoms. The van der Waals surface area contributed by atoms with Gasteiger partial charge in [0.1, 0.15) is 0 Å². The lowest BCUT2D eigenvalue weighted by molar-refractivity contribution is 1.06. The van der Waals surface area contributed by atoms with Crippen molar-refractivity contribution in [3.8, 4) is 0 Å². The first-order valence-electron chi connectivity index (χ1n) is 7.70. The van der Waals surface area contributed by atoms with E-state index in [4.69, 9.17) is 22.9 Å². The standard InChI is InChI=1S/C14H16N14/c15-9-21-10(16)24-13(23-9)27-19-5-7-1-2-8(4-3-7)6-20-28-14-25-11(17)22-12(18)26-14/h1-6H,(H5,15,16,21,23,24,27)(H5,17,18,22,25,26,28)/b19-5+,20-6+. The van der Waals surface area contributed by atoms with Gasteiger partial charge in [-0.3, -0.25) is 0 Å². The zero-order valence-corrected chi connectivity index (χ0v) is 14.4. The molecule has 142 valence electrons. The minimum absolute atomic E-state index is 0.00462. The van der Waals surface area contributed by atoms with E-state index in [1.165, 1.54) is 0 Å². The average Bonchev–Trinajstić information content (AvgIpc) is 2.61. The molecule has 0 aliphatic heterocycles. The van der Waals surface area contributed by atoms with Crippen molar-refractivity contribution >= 4 is 48.1 Å². The smallest absolute Gasteiger partial charge is 0.250 e. The molecule has 0 bridgehead atoms. The lowest BCUT2D eigenvalue weighted by Gasteiger charge is -2.01. The van der Waals surface area contributed by atoms with Gasteiger partial charge in [0.05, 0.1) is 12.4 Å². The summed E-state index contributed by atoms with van der Waals surface area (Å²) in [5.41, 5.74) is 28.8. The maximum Gasteiger partial charge on any atom is 0.250 e. The van der Waals surface area contributed by atoms with Gasteiger partial charge in [-0.15, -0.1) is 0 Å². The van der Waals surface area contributed by atoms with Crippen LogP contribution in [0.1, 0.15) is 11.1 Å². The molecule has 3 rings (SSSR count). The number of hydrazone groups is 2. The van der Waals surface area contributed by atoms with Crippen molar-refractivity contribution in [3.05, 3.63) is 35.4 Å². The molecular weight excluding hydrogens is 364 g/mol. The van der Waals surface area contributed by atoms with Crippen molar-refractivity contribution in [1.29, 1.82) is 0 Å². The van der Waals surface area contributed by atoms with Gasteiger partial charge in [-0.05, 0) is 11.1 Å². The molecule has 0 aliphatic carbocycles. The summed E-state index contributed by atoms with van der Waals surface area (Å²) in [5.74, 6) is 0.316. The molecule has 0 aliphatic rings. The van der Waals surface area contributed by atoms with E-state index in [2.05, 4.69) is 51.0 Å². The molecule has 0 saturated carbocycles. The van der Waals surface area contributed by atoms with Crippen LogP contribution in [0, 0.1) is 0 Å². The maximum absolute atomic E-state index is 5.48. The van der Waals surface area contributed by atoms with Crippen LogP contribution in [0.25, 0.3) is 0 Å². The van der Waals surface area contributed by atoms with E-state index in [0.29, 0.717) is 0 Å². The second-order valence-electron chi connectivity index (χ2n) is 5.16. The molecule has 0 unspecified atom stereocenters. The molecule has 2 heterocycles. The molecule has 14 nitrogen and oxygen atoms in total. The Hall–Kier alpha value is -4.62. The van der Waals surface area contributed by atoms with Crippen LogP contribution in [0.4, 0.5) is 35.7 Å². The van der Waals surface area contributed by atoms with Gasteiger partial charge in [-0.25, -0.2) is 10.9 Å². The van der Waals surface area contributed by atoms with Crippen LogP contribution in [-0.2, 0) is 0 Å². The number of hydrogen-bond acceptors (Lipinski definition) is 14. The average molecular weight is 380 g/mol. The lowest BCUT2D eigenvalue weighted by Crippen LogP contribution is -2.06. The minimum atomic E-state index is 0.00462. The summed E-state index contributed by atoms with van der Waals surface area (Å²) in [5, 5.41) is 8.02. The molecular formula is C14H16N14. The van der Waals surface area contributed by atoms with E-state index in [1.54, 1.807) is 12.4 Å². The van der Waals surface area contributed by atoms with Gasteiger partial charge in [0.15, 0.2) is 0 Å². The number of hydrogen-bond donors (Lipinski definition) is 6. The Kier molecular flexibility index (Phi) is 5.31. The van der Waals surface area contributed by atoms with E-state index in [9.17, 15) is 0 Å². The van der Waals surface area contributed by atoms with Crippen LogP contribution in [-0.4, -0.2) is 42.3 Å². The van der Waals surface area contributed by atoms with Gasteiger partial charge in [-0.1, -0.05) is 24.3 Å². The monoisotopic (exact) mass is 380 g/mol. The second-order valence-corrected chi connectivity index (χ2v) is 5.16. The molecule has 0 atom stereocenters. The van der Waals surface area contributed by atoms with E-state index in [0.717, 1.165) is 11.1 Å². The third-order valence-electron chi connectivity index (χ3n) is 3.03. The van der Waals surface area contributed by atoms with Crippen molar-refractivity contribution in [2.75, 3.05) is 33.8 Å².